The summed E-state index contributed by atoms with van der Waals surface area (Å²) in [4.78, 5) is 10.3. The lowest BCUT2D eigenvalue weighted by molar-refractivity contribution is -0.136. The Labute approximate surface area is 147 Å². The fourth-order valence-corrected chi connectivity index (χ4v) is 1.88. The molecule has 24 heavy (non-hydrogen) atoms. The van der Waals surface area contributed by atoms with Crippen LogP contribution in [0.15, 0.2) is 72.9 Å². The van der Waals surface area contributed by atoms with E-state index >= 15 is 0 Å². The average molecular weight is 328 g/mol. The first-order chi connectivity index (χ1) is 11.8. The highest BCUT2D eigenvalue weighted by molar-refractivity contribution is 5.66. The molecule has 0 rings (SSSR count). The van der Waals surface area contributed by atoms with E-state index in [1.165, 1.54) is 0 Å². The van der Waals surface area contributed by atoms with Crippen molar-refractivity contribution < 1.29 is 9.90 Å². The zero-order chi connectivity index (χ0) is 17.7. The molecule has 0 aromatic heterocycles. The number of unbranched alkanes of at least 4 members (excludes halogenated alkanes) is 1. The fraction of sp³-hybridized carbons (Fsp3) is 0.409. The Bertz CT molecular complexity index is 462. The van der Waals surface area contributed by atoms with E-state index in [-0.39, 0.29) is 6.42 Å². The van der Waals surface area contributed by atoms with Crippen molar-refractivity contribution in [2.24, 2.45) is 0 Å². The van der Waals surface area contributed by atoms with Gasteiger partial charge in [0, 0.05) is 6.42 Å². The van der Waals surface area contributed by atoms with Crippen LogP contribution in [0.5, 0.6) is 0 Å². The van der Waals surface area contributed by atoms with Gasteiger partial charge < -0.3 is 5.11 Å². The third-order valence-electron chi connectivity index (χ3n) is 3.18. The number of hydrogen-bond acceptors (Lipinski definition) is 1. The number of carboxylic acids is 1. The lowest BCUT2D eigenvalue weighted by Crippen LogP contribution is -1.91. The molecule has 0 aliphatic rings. The van der Waals surface area contributed by atoms with Crippen molar-refractivity contribution in [2.45, 2.75) is 58.3 Å². The molecule has 0 spiro atoms. The maximum atomic E-state index is 10.3. The minimum absolute atomic E-state index is 0.220. The van der Waals surface area contributed by atoms with E-state index in [4.69, 9.17) is 5.11 Å². The van der Waals surface area contributed by atoms with Gasteiger partial charge in [0.1, 0.15) is 0 Å². The van der Waals surface area contributed by atoms with Gasteiger partial charge in [-0.2, -0.15) is 0 Å². The molecule has 0 aromatic carbocycles. The summed E-state index contributed by atoms with van der Waals surface area (Å²) in [6, 6.07) is 0. The normalized spacial score (nSPS) is 13.0. The van der Waals surface area contributed by atoms with Gasteiger partial charge in [0.05, 0.1) is 0 Å². The van der Waals surface area contributed by atoms with Crippen LogP contribution in [-0.2, 0) is 4.79 Å². The highest BCUT2D eigenvalue weighted by Gasteiger charge is 1.90. The Balaban J connectivity index is 3.48. The van der Waals surface area contributed by atoms with Crippen molar-refractivity contribution in [3.63, 3.8) is 0 Å². The third kappa shape index (κ3) is 19.9. The Morgan fingerprint density at radius 2 is 1.00 bits per heavy atom. The monoisotopic (exact) mass is 328 g/mol. The van der Waals surface area contributed by atoms with Crippen molar-refractivity contribution >= 4 is 5.97 Å². The fourth-order valence-electron chi connectivity index (χ4n) is 1.88. The minimum atomic E-state index is -0.734. The molecule has 2 heteroatoms. The van der Waals surface area contributed by atoms with E-state index in [1.807, 2.05) is 13.0 Å². The second-order valence-electron chi connectivity index (χ2n) is 5.38. The summed E-state index contributed by atoms with van der Waals surface area (Å²) in [7, 11) is 0. The summed E-state index contributed by atoms with van der Waals surface area (Å²) in [6.07, 6.45) is 32.5. The molecule has 0 bridgehead atoms. The Morgan fingerprint density at radius 3 is 1.46 bits per heavy atom. The Kier molecular flexibility index (Phi) is 17.3. The summed E-state index contributed by atoms with van der Waals surface area (Å²) >= 11 is 0. The molecule has 0 saturated carbocycles. The zero-order valence-electron chi connectivity index (χ0n) is 14.9. The smallest absolute Gasteiger partial charge is 0.303 e. The van der Waals surface area contributed by atoms with Crippen LogP contribution in [0.3, 0.4) is 0 Å². The molecule has 0 atom stereocenters. The lowest BCUT2D eigenvalue weighted by atomic mass is 10.2. The summed E-state index contributed by atoms with van der Waals surface area (Å²) in [6.45, 7) is 2.04. The number of carbonyl (C=O) groups is 1. The first-order valence-electron chi connectivity index (χ1n) is 8.85. The molecule has 1 N–H and O–H groups in total. The quantitative estimate of drug-likeness (QED) is 0.290. The molecule has 0 aliphatic heterocycles. The Hall–Kier alpha value is -2.09. The standard InChI is InChI=1S/C22H32O2/c1-2-3-4-5-6-7-8-9-10-11-12-13-14-15-16-17-18-19-20-21-22(23)24/h2-3,5-6,8-9,11-12,14-15,18-19H,4,7,10,13,16-17,20-21H2,1H3,(H,23,24). The maximum absolute atomic E-state index is 10.3. The number of allylic oxidation sites excluding steroid dienone is 12. The van der Waals surface area contributed by atoms with Crippen LogP contribution < -0.4 is 0 Å². The zero-order valence-corrected chi connectivity index (χ0v) is 14.9. The van der Waals surface area contributed by atoms with Crippen LogP contribution in [0, 0.1) is 0 Å². The van der Waals surface area contributed by atoms with Crippen molar-refractivity contribution in [1.29, 1.82) is 0 Å². The van der Waals surface area contributed by atoms with Crippen molar-refractivity contribution in [1.82, 2.24) is 0 Å². The summed E-state index contributed by atoms with van der Waals surface area (Å²) in [5.74, 6) is -0.734. The van der Waals surface area contributed by atoms with Gasteiger partial charge in [-0.25, -0.2) is 0 Å². The molecule has 0 unspecified atom stereocenters. The van der Waals surface area contributed by atoms with Crippen LogP contribution in [0.1, 0.15) is 58.3 Å². The molecule has 0 heterocycles. The van der Waals surface area contributed by atoms with Gasteiger partial charge in [0.25, 0.3) is 0 Å². The van der Waals surface area contributed by atoms with E-state index in [2.05, 4.69) is 66.8 Å². The van der Waals surface area contributed by atoms with Gasteiger partial charge in [0.2, 0.25) is 0 Å². The van der Waals surface area contributed by atoms with Gasteiger partial charge in [-0.3, -0.25) is 4.79 Å². The molecule has 0 amide bonds. The van der Waals surface area contributed by atoms with E-state index in [1.54, 1.807) is 0 Å². The van der Waals surface area contributed by atoms with Gasteiger partial charge in [-0.1, -0.05) is 72.9 Å². The van der Waals surface area contributed by atoms with E-state index < -0.39 is 5.97 Å². The number of hydrogen-bond donors (Lipinski definition) is 1. The van der Waals surface area contributed by atoms with E-state index in [0.29, 0.717) is 6.42 Å². The van der Waals surface area contributed by atoms with Gasteiger partial charge in [-0.05, 0) is 51.9 Å². The molecule has 132 valence electrons. The predicted octanol–water partition coefficient (Wildman–Crippen LogP) is 6.55. The van der Waals surface area contributed by atoms with Gasteiger partial charge in [-0.15, -0.1) is 0 Å². The van der Waals surface area contributed by atoms with Crippen LogP contribution in [0.4, 0.5) is 0 Å². The Morgan fingerprint density at radius 1 is 0.625 bits per heavy atom. The van der Waals surface area contributed by atoms with Crippen molar-refractivity contribution in [3.8, 4) is 0 Å². The highest BCUT2D eigenvalue weighted by atomic mass is 16.4. The SMILES string of the molecule is CC=CCC=CCC=CCC=CCC=CCCC=CCCC(=O)O. The van der Waals surface area contributed by atoms with E-state index in [0.717, 1.165) is 38.5 Å². The molecule has 0 radical (unpaired) electrons. The first kappa shape index (κ1) is 21.9. The maximum Gasteiger partial charge on any atom is 0.303 e. The van der Waals surface area contributed by atoms with Crippen molar-refractivity contribution in [2.75, 3.05) is 0 Å². The number of rotatable bonds is 14. The highest BCUT2D eigenvalue weighted by Crippen LogP contribution is 1.99. The van der Waals surface area contributed by atoms with Gasteiger partial charge in [0.15, 0.2) is 0 Å². The second kappa shape index (κ2) is 19.0. The molecule has 0 aromatic rings. The van der Waals surface area contributed by atoms with E-state index in [9.17, 15) is 4.79 Å². The number of aliphatic carboxylic acids is 1. The second-order valence-corrected chi connectivity index (χ2v) is 5.38. The molecule has 0 aliphatic carbocycles. The topological polar surface area (TPSA) is 37.3 Å². The van der Waals surface area contributed by atoms with Gasteiger partial charge >= 0.3 is 5.97 Å². The van der Waals surface area contributed by atoms with Crippen LogP contribution >= 0.6 is 0 Å². The molecular formula is C22H32O2. The first-order valence-corrected chi connectivity index (χ1v) is 8.85. The predicted molar refractivity (Wildman–Crippen MR) is 105 cm³/mol. The molecular weight excluding hydrogens is 296 g/mol. The average Bonchev–Trinajstić information content (AvgIpc) is 2.56. The van der Waals surface area contributed by atoms with Crippen molar-refractivity contribution in [3.05, 3.63) is 72.9 Å². The largest absolute Gasteiger partial charge is 0.481 e. The molecule has 0 fully saturated rings. The van der Waals surface area contributed by atoms with Crippen LogP contribution in [0.25, 0.3) is 0 Å². The van der Waals surface area contributed by atoms with Crippen LogP contribution in [0.2, 0.25) is 0 Å². The summed E-state index contributed by atoms with van der Waals surface area (Å²) in [5, 5.41) is 8.50. The molecule has 2 nitrogen and oxygen atoms in total. The molecule has 0 saturated heterocycles. The number of carboxylic acid groups (broad SMARTS) is 1. The lowest BCUT2D eigenvalue weighted by Gasteiger charge is -1.89. The van der Waals surface area contributed by atoms with Crippen LogP contribution in [-0.4, -0.2) is 11.1 Å². The summed E-state index contributed by atoms with van der Waals surface area (Å²) < 4.78 is 0. The summed E-state index contributed by atoms with van der Waals surface area (Å²) in [5.41, 5.74) is 0. The minimum Gasteiger partial charge on any atom is -0.481 e. The third-order valence-corrected chi connectivity index (χ3v) is 3.18.